The van der Waals surface area contributed by atoms with Crippen LogP contribution in [0.5, 0.6) is 34.5 Å². The predicted octanol–water partition coefficient (Wildman–Crippen LogP) is 28.0. The van der Waals surface area contributed by atoms with E-state index in [1.54, 1.807) is 132 Å². The lowest BCUT2D eigenvalue weighted by Crippen LogP contribution is -2.10. The number of carbonyl (C=O) groups is 9. The molecule has 0 aromatic heterocycles. The largest absolute Gasteiger partial charge is 0.463 e. The Morgan fingerprint density at radius 3 is 0.652 bits per heavy atom. The summed E-state index contributed by atoms with van der Waals surface area (Å²) in [6.07, 6.45) is 38.5. The molecule has 0 unspecified atom stereocenters. The Bertz CT molecular complexity index is 5040. The second kappa shape index (κ2) is 63.5. The quantitative estimate of drug-likeness (QED) is 0.00860. The summed E-state index contributed by atoms with van der Waals surface area (Å²) >= 11 is 5.07. The molecule has 0 heterocycles. The van der Waals surface area contributed by atoms with E-state index in [0.29, 0.717) is 87.7 Å². The Hall–Kier alpha value is -11.5. The predicted molar refractivity (Wildman–Crippen MR) is 530 cm³/mol. The van der Waals surface area contributed by atoms with Gasteiger partial charge in [0.25, 0.3) is 0 Å². The first-order chi connectivity index (χ1) is 64.2. The molecule has 18 nitrogen and oxygen atoms in total. The maximum absolute atomic E-state index is 12.8. The maximum Gasteiger partial charge on any atom is 0.343 e. The monoisotopic (exact) mass is 1850 g/mol. The van der Waals surface area contributed by atoms with E-state index in [0.717, 1.165) is 125 Å². The molecule has 0 aliphatic carbocycles. The molecule has 9 rings (SSSR count). The van der Waals surface area contributed by atoms with E-state index in [2.05, 4.69) is 40.5 Å². The molecule has 0 atom stereocenters. The van der Waals surface area contributed by atoms with E-state index in [1.165, 1.54) is 152 Å². The van der Waals surface area contributed by atoms with Gasteiger partial charge in [0.15, 0.2) is 0 Å². The number of hydrogen-bond donors (Lipinski definition) is 0. The van der Waals surface area contributed by atoms with Crippen molar-refractivity contribution in [2.45, 2.75) is 249 Å². The van der Waals surface area contributed by atoms with Crippen LogP contribution in [0.4, 0.5) is 0 Å². The van der Waals surface area contributed by atoms with Crippen molar-refractivity contribution in [2.24, 2.45) is 0 Å². The highest BCUT2D eigenvalue weighted by Gasteiger charge is 2.19. The third-order valence-corrected chi connectivity index (χ3v) is 25.1. The van der Waals surface area contributed by atoms with Gasteiger partial charge in [-0.3, -0.25) is 0 Å². The second-order valence-corrected chi connectivity index (χ2v) is 35.6. The van der Waals surface area contributed by atoms with Gasteiger partial charge in [0.2, 0.25) is 0 Å². The Morgan fingerprint density at radius 1 is 0.242 bits per heavy atom. The van der Waals surface area contributed by atoms with Gasteiger partial charge in [0.1, 0.15) is 34.5 Å². The molecular formula is C111H132O18S3. The number of rotatable bonds is 57. The molecule has 9 aromatic rings. The van der Waals surface area contributed by atoms with Crippen LogP contribution in [0.3, 0.4) is 0 Å². The average molecular weight is 1850 g/mol. The summed E-state index contributed by atoms with van der Waals surface area (Å²) < 4.78 is 48.2. The number of benzene rings is 9. The lowest BCUT2D eigenvalue weighted by Gasteiger charge is -2.09. The van der Waals surface area contributed by atoms with Gasteiger partial charge in [-0.05, 0) is 312 Å². The Kier molecular flexibility index (Phi) is 51.7. The van der Waals surface area contributed by atoms with Gasteiger partial charge in [-0.15, -0.1) is 35.3 Å². The number of aryl methyl sites for hydroxylation is 6. The van der Waals surface area contributed by atoms with Crippen LogP contribution < -0.4 is 28.4 Å². The normalized spacial score (nSPS) is 10.7. The number of carbonyl (C=O) groups excluding carboxylic acids is 9. The summed E-state index contributed by atoms with van der Waals surface area (Å²) in [5.41, 5.74) is 9.11. The van der Waals surface area contributed by atoms with Crippen LogP contribution in [0.2, 0.25) is 0 Å². The molecule has 0 aliphatic heterocycles. The third-order valence-electron chi connectivity index (χ3n) is 21.4. The van der Waals surface area contributed by atoms with Gasteiger partial charge in [0, 0.05) is 32.9 Å². The number of hydrogen-bond acceptors (Lipinski definition) is 21. The van der Waals surface area contributed by atoms with E-state index in [9.17, 15) is 43.2 Å². The standard InChI is InChI=1S/C38H46O6S.C37H44O6S.C36H42O6S/c1-4-6-7-8-9-10-11-12-15-30-16-21-33(22-17-30)43-37(40)31-18-23-34(24-19-31)44-38(41)32-20-25-35(29(3)28-32)45-27-14-13-26-42-36(39)5-2;1-4-6-7-8-9-10-11-14-29-15-20-32(21-16-29)42-36(39)30-17-22-33(23-18-30)43-37(40)31-19-24-34(28(3)27-31)44-26-13-12-25-41-35(38)5-2;1-4-6-7-8-9-10-13-28-14-19-31(20-15-28)41-35(38)29-16-21-32(22-17-29)42-36(39)30-18-23-33(27(3)26-30)43-25-12-11-24-40-34(37)5-2/h5,16-25,28H,2,4,6-15,26-27H2,1,3H3;5,15-24,27H,2,4,6-14,25-26H2,1,3H3;5,14-23,26H,2,4,6-13,24-25H2,1,3H3. The molecule has 0 amide bonds. The smallest absolute Gasteiger partial charge is 0.343 e. The third kappa shape index (κ3) is 42.8. The molecule has 0 bridgehead atoms. The molecule has 0 fully saturated rings. The van der Waals surface area contributed by atoms with Gasteiger partial charge >= 0.3 is 53.7 Å². The van der Waals surface area contributed by atoms with Crippen molar-refractivity contribution < 1.29 is 85.8 Å². The minimum Gasteiger partial charge on any atom is -0.463 e. The number of esters is 9. The van der Waals surface area contributed by atoms with Crippen LogP contribution >= 0.6 is 35.3 Å². The zero-order valence-electron chi connectivity index (χ0n) is 77.9. The summed E-state index contributed by atoms with van der Waals surface area (Å²) in [4.78, 5) is 113. The zero-order chi connectivity index (χ0) is 94.7. The summed E-state index contributed by atoms with van der Waals surface area (Å²) in [5, 5.41) is 0. The molecule has 9 aromatic carbocycles. The molecule has 702 valence electrons. The van der Waals surface area contributed by atoms with E-state index >= 15 is 0 Å². The first-order valence-corrected chi connectivity index (χ1v) is 49.6. The lowest BCUT2D eigenvalue weighted by molar-refractivity contribution is -0.138. The second-order valence-electron chi connectivity index (χ2n) is 32.2. The fourth-order valence-electron chi connectivity index (χ4n) is 13.7. The molecule has 0 aliphatic rings. The highest BCUT2D eigenvalue weighted by Crippen LogP contribution is 2.31. The Morgan fingerprint density at radius 2 is 0.439 bits per heavy atom. The molecule has 0 N–H and O–H groups in total. The molecule has 132 heavy (non-hydrogen) atoms. The maximum atomic E-state index is 12.8. The van der Waals surface area contributed by atoms with Crippen LogP contribution in [-0.4, -0.2) is 90.8 Å². The highest BCUT2D eigenvalue weighted by atomic mass is 32.2. The van der Waals surface area contributed by atoms with Crippen LogP contribution in [0.1, 0.15) is 290 Å². The van der Waals surface area contributed by atoms with Crippen LogP contribution in [-0.2, 0) is 47.9 Å². The summed E-state index contributed by atoms with van der Waals surface area (Å²) in [6.45, 7) is 23.8. The van der Waals surface area contributed by atoms with Gasteiger partial charge in [-0.2, -0.15) is 0 Å². The minimum absolute atomic E-state index is 0.342. The van der Waals surface area contributed by atoms with Crippen LogP contribution in [0.15, 0.2) is 253 Å². The van der Waals surface area contributed by atoms with Gasteiger partial charge in [-0.25, -0.2) is 43.2 Å². The van der Waals surface area contributed by atoms with Gasteiger partial charge < -0.3 is 42.6 Å². The van der Waals surface area contributed by atoms with Crippen molar-refractivity contribution in [3.8, 4) is 34.5 Å². The van der Waals surface area contributed by atoms with Crippen LogP contribution in [0, 0.1) is 20.8 Å². The fourth-order valence-corrected chi connectivity index (χ4v) is 16.7. The van der Waals surface area contributed by atoms with E-state index < -0.39 is 53.7 Å². The summed E-state index contributed by atoms with van der Waals surface area (Å²) in [7, 11) is 0. The van der Waals surface area contributed by atoms with Crippen molar-refractivity contribution >= 4 is 89.0 Å². The molecule has 21 heteroatoms. The van der Waals surface area contributed by atoms with Gasteiger partial charge in [0.05, 0.1) is 53.2 Å². The number of ether oxygens (including phenoxy) is 9. The SMILES string of the molecule is C=CC(=O)OCCCCSc1ccc(C(=O)Oc2ccc(C(=O)Oc3ccc(CCCCCCCC)cc3)cc2)cc1C.C=CC(=O)OCCCCSc1ccc(C(=O)Oc2ccc(C(=O)Oc3ccc(CCCCCCCCC)cc3)cc2)cc1C.C=CC(=O)OCCCCSc1ccc(C(=O)Oc2ccc(C(=O)Oc3ccc(CCCCCCCCCC)cc3)cc2)cc1C. The minimum atomic E-state index is -0.472. The molecular weight excluding hydrogens is 1720 g/mol. The highest BCUT2D eigenvalue weighted by molar-refractivity contribution is 7.99. The van der Waals surface area contributed by atoms with Crippen molar-refractivity contribution in [1.29, 1.82) is 0 Å². The number of thioether (sulfide) groups is 3. The lowest BCUT2D eigenvalue weighted by atomic mass is 10.0. The van der Waals surface area contributed by atoms with Crippen LogP contribution in [0.25, 0.3) is 0 Å². The first kappa shape index (κ1) is 108. The molecule has 0 spiro atoms. The Balaban J connectivity index is 0.000000271. The topological polar surface area (TPSA) is 237 Å². The van der Waals surface area contributed by atoms with Crippen molar-refractivity contribution in [2.75, 3.05) is 37.1 Å². The van der Waals surface area contributed by atoms with E-state index in [1.807, 2.05) is 124 Å². The molecule has 0 saturated carbocycles. The van der Waals surface area contributed by atoms with E-state index in [4.69, 9.17) is 42.6 Å². The number of unbranched alkanes of at least 4 members (excludes halogenated alkanes) is 21. The average Bonchev–Trinajstić information content (AvgIpc) is 0.851. The first-order valence-electron chi connectivity index (χ1n) is 46.7. The summed E-state index contributed by atoms with van der Waals surface area (Å²) in [6, 6.07) is 58.5. The zero-order valence-corrected chi connectivity index (χ0v) is 80.4. The van der Waals surface area contributed by atoms with Gasteiger partial charge in [-0.1, -0.05) is 192 Å². The Labute approximate surface area is 794 Å². The molecule has 0 saturated heterocycles. The summed E-state index contributed by atoms with van der Waals surface area (Å²) in [5.74, 6) is 1.11. The van der Waals surface area contributed by atoms with E-state index in [-0.39, 0.29) is 0 Å². The van der Waals surface area contributed by atoms with Crippen molar-refractivity contribution in [3.63, 3.8) is 0 Å². The molecule has 0 radical (unpaired) electrons. The van der Waals surface area contributed by atoms with Crippen molar-refractivity contribution in [3.05, 3.63) is 305 Å². The fraction of sp³-hybridized carbons (Fsp3) is 0.378. The van der Waals surface area contributed by atoms with Crippen molar-refractivity contribution in [1.82, 2.24) is 0 Å².